The van der Waals surface area contributed by atoms with E-state index in [1.807, 2.05) is 10.9 Å². The maximum absolute atomic E-state index is 3.96. The SMILES string of the molecule is CC1CC(C)CC(NCCCn2ccnn2)C1. The Balaban J connectivity index is 1.61. The van der Waals surface area contributed by atoms with Crippen molar-refractivity contribution in [2.24, 2.45) is 11.8 Å². The zero-order valence-corrected chi connectivity index (χ0v) is 11.0. The molecule has 1 N–H and O–H groups in total. The number of nitrogens with zero attached hydrogens (tertiary/aromatic N) is 3. The summed E-state index contributed by atoms with van der Waals surface area (Å²) in [7, 11) is 0. The van der Waals surface area contributed by atoms with Crippen LogP contribution in [0.4, 0.5) is 0 Å². The molecular formula is C13H24N4. The summed E-state index contributed by atoms with van der Waals surface area (Å²) in [5.41, 5.74) is 0. The lowest BCUT2D eigenvalue weighted by Crippen LogP contribution is -2.37. The third-order valence-electron chi connectivity index (χ3n) is 3.65. The molecule has 1 fully saturated rings. The van der Waals surface area contributed by atoms with E-state index >= 15 is 0 Å². The molecule has 0 spiro atoms. The fourth-order valence-electron chi connectivity index (χ4n) is 3.01. The Morgan fingerprint density at radius 1 is 1.24 bits per heavy atom. The summed E-state index contributed by atoms with van der Waals surface area (Å²) < 4.78 is 1.90. The minimum atomic E-state index is 0.726. The van der Waals surface area contributed by atoms with Gasteiger partial charge >= 0.3 is 0 Å². The van der Waals surface area contributed by atoms with Crippen molar-refractivity contribution in [1.29, 1.82) is 0 Å². The molecule has 1 aromatic rings. The van der Waals surface area contributed by atoms with Gasteiger partial charge in [0.15, 0.2) is 0 Å². The first-order valence-electron chi connectivity index (χ1n) is 6.81. The van der Waals surface area contributed by atoms with Crippen LogP contribution in [-0.4, -0.2) is 27.6 Å². The number of hydrogen-bond acceptors (Lipinski definition) is 3. The third-order valence-corrected chi connectivity index (χ3v) is 3.65. The van der Waals surface area contributed by atoms with Crippen LogP contribution in [0.2, 0.25) is 0 Å². The van der Waals surface area contributed by atoms with Gasteiger partial charge in [-0.3, -0.25) is 4.68 Å². The van der Waals surface area contributed by atoms with Crippen LogP contribution in [0.1, 0.15) is 39.5 Å². The summed E-state index contributed by atoms with van der Waals surface area (Å²) in [4.78, 5) is 0. The summed E-state index contributed by atoms with van der Waals surface area (Å²) in [6.07, 6.45) is 8.86. The standard InChI is InChI=1S/C13H24N4/c1-11-8-12(2)10-13(9-11)14-4-3-6-17-7-5-15-16-17/h5,7,11-14H,3-4,6,8-10H2,1-2H3. The highest BCUT2D eigenvalue weighted by Crippen LogP contribution is 2.28. The molecule has 0 bridgehead atoms. The molecule has 2 atom stereocenters. The van der Waals surface area contributed by atoms with Crippen molar-refractivity contribution in [1.82, 2.24) is 20.3 Å². The summed E-state index contributed by atoms with van der Waals surface area (Å²) in [6, 6.07) is 0.726. The maximum atomic E-state index is 3.96. The Hall–Kier alpha value is -0.900. The second kappa shape index (κ2) is 6.15. The van der Waals surface area contributed by atoms with Crippen LogP contribution in [0.3, 0.4) is 0 Å². The van der Waals surface area contributed by atoms with E-state index in [-0.39, 0.29) is 0 Å². The van der Waals surface area contributed by atoms with Gasteiger partial charge in [-0.05, 0) is 44.1 Å². The van der Waals surface area contributed by atoms with Gasteiger partial charge in [-0.1, -0.05) is 19.1 Å². The number of hydrogen-bond donors (Lipinski definition) is 1. The van der Waals surface area contributed by atoms with E-state index in [4.69, 9.17) is 0 Å². The highest BCUT2D eigenvalue weighted by atomic mass is 15.4. The topological polar surface area (TPSA) is 42.7 Å². The first-order chi connectivity index (χ1) is 8.24. The molecule has 0 aliphatic heterocycles. The number of aromatic nitrogens is 3. The fourth-order valence-corrected chi connectivity index (χ4v) is 3.01. The maximum Gasteiger partial charge on any atom is 0.0692 e. The predicted molar refractivity (Wildman–Crippen MR) is 68.6 cm³/mol. The Bertz CT molecular complexity index is 299. The van der Waals surface area contributed by atoms with Gasteiger partial charge in [0.1, 0.15) is 0 Å². The van der Waals surface area contributed by atoms with Crippen molar-refractivity contribution in [2.45, 2.75) is 52.1 Å². The van der Waals surface area contributed by atoms with E-state index in [0.29, 0.717) is 0 Å². The van der Waals surface area contributed by atoms with Crippen LogP contribution >= 0.6 is 0 Å². The number of nitrogens with one attached hydrogen (secondary N) is 1. The van der Waals surface area contributed by atoms with Crippen LogP contribution in [0, 0.1) is 11.8 Å². The highest BCUT2D eigenvalue weighted by Gasteiger charge is 2.22. The Labute approximate surface area is 104 Å². The molecule has 0 aromatic carbocycles. The molecular weight excluding hydrogens is 212 g/mol. The van der Waals surface area contributed by atoms with Crippen LogP contribution in [0.25, 0.3) is 0 Å². The van der Waals surface area contributed by atoms with E-state index in [0.717, 1.165) is 37.4 Å². The van der Waals surface area contributed by atoms with E-state index in [9.17, 15) is 0 Å². The summed E-state index contributed by atoms with van der Waals surface area (Å²) in [6.45, 7) is 6.80. The van der Waals surface area contributed by atoms with Crippen LogP contribution < -0.4 is 5.32 Å². The Morgan fingerprint density at radius 2 is 2.00 bits per heavy atom. The molecule has 1 aliphatic rings. The zero-order valence-electron chi connectivity index (χ0n) is 11.0. The molecule has 2 unspecified atom stereocenters. The van der Waals surface area contributed by atoms with Gasteiger partial charge in [-0.2, -0.15) is 0 Å². The molecule has 1 heterocycles. The van der Waals surface area contributed by atoms with Crippen LogP contribution in [0.5, 0.6) is 0 Å². The normalized spacial score (nSPS) is 29.4. The molecule has 96 valence electrons. The number of aryl methyl sites for hydroxylation is 1. The first kappa shape index (κ1) is 12.6. The van der Waals surface area contributed by atoms with E-state index in [1.54, 1.807) is 6.20 Å². The van der Waals surface area contributed by atoms with E-state index in [2.05, 4.69) is 29.5 Å². The minimum Gasteiger partial charge on any atom is -0.314 e. The molecule has 2 rings (SSSR count). The third kappa shape index (κ3) is 4.11. The van der Waals surface area contributed by atoms with Crippen LogP contribution in [0.15, 0.2) is 12.4 Å². The van der Waals surface area contributed by atoms with Gasteiger partial charge in [0.05, 0.1) is 6.20 Å². The second-order valence-electron chi connectivity index (χ2n) is 5.59. The average molecular weight is 236 g/mol. The monoisotopic (exact) mass is 236 g/mol. The lowest BCUT2D eigenvalue weighted by atomic mass is 9.80. The first-order valence-corrected chi connectivity index (χ1v) is 6.81. The molecule has 4 heteroatoms. The van der Waals surface area contributed by atoms with Crippen molar-refractivity contribution in [2.75, 3.05) is 6.54 Å². The smallest absolute Gasteiger partial charge is 0.0692 e. The lowest BCUT2D eigenvalue weighted by molar-refractivity contribution is 0.238. The van der Waals surface area contributed by atoms with Crippen molar-refractivity contribution >= 4 is 0 Å². The molecule has 4 nitrogen and oxygen atoms in total. The summed E-state index contributed by atoms with van der Waals surface area (Å²) in [5, 5.41) is 11.5. The Kier molecular flexibility index (Phi) is 4.54. The summed E-state index contributed by atoms with van der Waals surface area (Å²) >= 11 is 0. The van der Waals surface area contributed by atoms with Crippen LogP contribution in [-0.2, 0) is 6.54 Å². The number of rotatable bonds is 5. The summed E-state index contributed by atoms with van der Waals surface area (Å²) in [5.74, 6) is 1.76. The average Bonchev–Trinajstić information content (AvgIpc) is 2.76. The molecule has 1 aromatic heterocycles. The van der Waals surface area contributed by atoms with Crippen molar-refractivity contribution in [3.05, 3.63) is 12.4 Å². The molecule has 1 aliphatic carbocycles. The van der Waals surface area contributed by atoms with Crippen molar-refractivity contribution in [3.63, 3.8) is 0 Å². The van der Waals surface area contributed by atoms with Gasteiger partial charge in [0, 0.05) is 18.8 Å². The quantitative estimate of drug-likeness (QED) is 0.796. The Morgan fingerprint density at radius 3 is 2.65 bits per heavy atom. The molecule has 1 saturated carbocycles. The van der Waals surface area contributed by atoms with Gasteiger partial charge in [-0.15, -0.1) is 5.10 Å². The highest BCUT2D eigenvalue weighted by molar-refractivity contribution is 4.79. The van der Waals surface area contributed by atoms with Gasteiger partial charge < -0.3 is 5.32 Å². The van der Waals surface area contributed by atoms with Gasteiger partial charge in [-0.25, -0.2) is 0 Å². The lowest BCUT2D eigenvalue weighted by Gasteiger charge is -2.32. The largest absolute Gasteiger partial charge is 0.314 e. The van der Waals surface area contributed by atoms with Gasteiger partial charge in [0.25, 0.3) is 0 Å². The fraction of sp³-hybridized carbons (Fsp3) is 0.846. The molecule has 0 radical (unpaired) electrons. The molecule has 17 heavy (non-hydrogen) atoms. The molecule has 0 amide bonds. The predicted octanol–water partition coefficient (Wildman–Crippen LogP) is 2.08. The van der Waals surface area contributed by atoms with Crippen molar-refractivity contribution < 1.29 is 0 Å². The van der Waals surface area contributed by atoms with Crippen molar-refractivity contribution in [3.8, 4) is 0 Å². The van der Waals surface area contributed by atoms with E-state index in [1.165, 1.54) is 19.3 Å². The van der Waals surface area contributed by atoms with E-state index < -0.39 is 0 Å². The minimum absolute atomic E-state index is 0.726. The molecule has 0 saturated heterocycles. The zero-order chi connectivity index (χ0) is 12.1. The second-order valence-corrected chi connectivity index (χ2v) is 5.59. The van der Waals surface area contributed by atoms with Gasteiger partial charge in [0.2, 0.25) is 0 Å².